The van der Waals surface area contributed by atoms with Gasteiger partial charge in [-0.05, 0) is 0 Å². The third kappa shape index (κ3) is 3.66. The van der Waals surface area contributed by atoms with E-state index in [4.69, 9.17) is 5.73 Å². The van der Waals surface area contributed by atoms with E-state index in [1.807, 2.05) is 0 Å². The normalized spacial score (nSPS) is 11.8. The Morgan fingerprint density at radius 1 is 1.35 bits per heavy atom. The van der Waals surface area contributed by atoms with E-state index in [-0.39, 0.29) is 16.1 Å². The van der Waals surface area contributed by atoms with Crippen LogP contribution in [-0.2, 0) is 13.6 Å². The van der Waals surface area contributed by atoms with Gasteiger partial charge in [0.2, 0.25) is 0 Å². The summed E-state index contributed by atoms with van der Waals surface area (Å²) in [6.45, 7) is 6.67. The molecule has 0 bridgehead atoms. The lowest BCUT2D eigenvalue weighted by Crippen LogP contribution is -2.40. The number of rotatable bonds is 3. The fraction of sp³-hybridized carbons (Fsp3) is 0.636. The number of aromatic nitrogens is 2. The number of nitrogens with zero attached hydrogens (tertiary/aromatic N) is 2. The first kappa shape index (κ1) is 13.9. The van der Waals surface area contributed by atoms with Crippen LogP contribution in [0, 0.1) is 0 Å². The van der Waals surface area contributed by atoms with Crippen molar-refractivity contribution < 1.29 is 0 Å². The third-order valence-electron chi connectivity index (χ3n) is 2.21. The summed E-state index contributed by atoms with van der Waals surface area (Å²) in [6, 6.07) is 0. The van der Waals surface area contributed by atoms with Gasteiger partial charge in [0, 0.05) is 30.3 Å². The summed E-state index contributed by atoms with van der Waals surface area (Å²) in [5.41, 5.74) is 4.93. The Morgan fingerprint density at radius 2 is 1.94 bits per heavy atom. The van der Waals surface area contributed by atoms with Gasteiger partial charge >= 0.3 is 5.69 Å². The minimum absolute atomic E-state index is 0.104. The first-order chi connectivity index (χ1) is 7.72. The van der Waals surface area contributed by atoms with Crippen LogP contribution in [0.1, 0.15) is 20.8 Å². The molecule has 0 radical (unpaired) electrons. The Morgan fingerprint density at radius 3 is 2.47 bits per heavy atom. The molecular formula is C11H19N3O2S. The Kier molecular flexibility index (Phi) is 4.08. The first-order valence-corrected chi connectivity index (χ1v) is 6.41. The van der Waals surface area contributed by atoms with Crippen LogP contribution >= 0.6 is 11.8 Å². The standard InChI is InChI=1S/C11H19N3O2S/c1-11(2,3)17-6-5-14-9(15)8(12)7-13(4)10(14)16/h7H,5-6,12H2,1-4H3. The van der Waals surface area contributed by atoms with E-state index in [2.05, 4.69) is 20.8 Å². The molecular weight excluding hydrogens is 238 g/mol. The molecule has 0 aliphatic carbocycles. The largest absolute Gasteiger partial charge is 0.393 e. The summed E-state index contributed by atoms with van der Waals surface area (Å²) < 4.78 is 2.64. The Hall–Kier alpha value is -1.17. The SMILES string of the molecule is Cn1cc(N)c(=O)n(CCSC(C)(C)C)c1=O. The maximum absolute atomic E-state index is 11.8. The van der Waals surface area contributed by atoms with Crippen LogP contribution in [0.25, 0.3) is 0 Å². The van der Waals surface area contributed by atoms with E-state index in [1.165, 1.54) is 15.3 Å². The molecule has 0 fully saturated rings. The monoisotopic (exact) mass is 257 g/mol. The number of anilines is 1. The molecule has 0 saturated heterocycles. The van der Waals surface area contributed by atoms with Gasteiger partial charge in [-0.2, -0.15) is 11.8 Å². The molecule has 0 saturated carbocycles. The third-order valence-corrected chi connectivity index (χ3v) is 3.46. The molecule has 17 heavy (non-hydrogen) atoms. The second kappa shape index (κ2) is 5.00. The Bertz CT molecular complexity index is 477. The molecule has 0 aromatic carbocycles. The average Bonchev–Trinajstić information content (AvgIpc) is 2.19. The van der Waals surface area contributed by atoms with Crippen LogP contribution in [0.3, 0.4) is 0 Å². The highest BCUT2D eigenvalue weighted by atomic mass is 32.2. The number of nitrogens with two attached hydrogens (primary N) is 1. The Labute approximate surface area is 105 Å². The Balaban J connectivity index is 2.92. The zero-order valence-corrected chi connectivity index (χ0v) is 11.5. The van der Waals surface area contributed by atoms with Gasteiger partial charge in [0.1, 0.15) is 5.69 Å². The van der Waals surface area contributed by atoms with E-state index in [0.717, 1.165) is 0 Å². The maximum Gasteiger partial charge on any atom is 0.330 e. The number of nitrogen functional groups attached to an aromatic ring is 1. The van der Waals surface area contributed by atoms with Gasteiger partial charge in [-0.15, -0.1) is 0 Å². The van der Waals surface area contributed by atoms with Gasteiger partial charge in [-0.1, -0.05) is 20.8 Å². The summed E-state index contributed by atoms with van der Waals surface area (Å²) in [5, 5.41) is 0. The number of hydrogen-bond donors (Lipinski definition) is 1. The van der Waals surface area contributed by atoms with Gasteiger partial charge in [-0.3, -0.25) is 9.36 Å². The van der Waals surface area contributed by atoms with Crippen molar-refractivity contribution >= 4 is 17.4 Å². The van der Waals surface area contributed by atoms with Gasteiger partial charge in [0.25, 0.3) is 5.56 Å². The summed E-state index contributed by atoms with van der Waals surface area (Å²) >= 11 is 1.71. The predicted molar refractivity (Wildman–Crippen MR) is 72.6 cm³/mol. The van der Waals surface area contributed by atoms with E-state index < -0.39 is 5.56 Å². The number of aryl methyl sites for hydroxylation is 1. The van der Waals surface area contributed by atoms with Gasteiger partial charge in [-0.25, -0.2) is 4.79 Å². The molecule has 2 N–H and O–H groups in total. The van der Waals surface area contributed by atoms with Crippen molar-refractivity contribution in [3.63, 3.8) is 0 Å². The highest BCUT2D eigenvalue weighted by molar-refractivity contribution is 8.00. The molecule has 0 atom stereocenters. The second-order valence-electron chi connectivity index (χ2n) is 4.90. The minimum atomic E-state index is -0.400. The van der Waals surface area contributed by atoms with Crippen molar-refractivity contribution in [2.24, 2.45) is 7.05 Å². The van der Waals surface area contributed by atoms with Crippen molar-refractivity contribution in [3.8, 4) is 0 Å². The van der Waals surface area contributed by atoms with E-state index in [9.17, 15) is 9.59 Å². The number of thioether (sulfide) groups is 1. The number of hydrogen-bond acceptors (Lipinski definition) is 4. The maximum atomic E-state index is 11.8. The lowest BCUT2D eigenvalue weighted by atomic mass is 10.3. The summed E-state index contributed by atoms with van der Waals surface area (Å²) in [6.07, 6.45) is 1.36. The smallest absolute Gasteiger partial charge is 0.330 e. The topological polar surface area (TPSA) is 70.0 Å². The molecule has 96 valence electrons. The van der Waals surface area contributed by atoms with Crippen molar-refractivity contribution in [1.29, 1.82) is 0 Å². The molecule has 1 heterocycles. The van der Waals surface area contributed by atoms with Crippen LogP contribution < -0.4 is 17.0 Å². The summed E-state index contributed by atoms with van der Waals surface area (Å²) in [7, 11) is 1.59. The van der Waals surface area contributed by atoms with Crippen LogP contribution in [0.2, 0.25) is 0 Å². The van der Waals surface area contributed by atoms with Crippen LogP contribution in [0.5, 0.6) is 0 Å². The molecule has 6 heteroatoms. The highest BCUT2D eigenvalue weighted by Crippen LogP contribution is 2.22. The zero-order chi connectivity index (χ0) is 13.2. The highest BCUT2D eigenvalue weighted by Gasteiger charge is 2.12. The first-order valence-electron chi connectivity index (χ1n) is 5.42. The van der Waals surface area contributed by atoms with Gasteiger partial charge in [0.05, 0.1) is 0 Å². The molecule has 1 aromatic heterocycles. The minimum Gasteiger partial charge on any atom is -0.393 e. The second-order valence-corrected chi connectivity index (χ2v) is 6.82. The lowest BCUT2D eigenvalue weighted by molar-refractivity contribution is 0.627. The molecule has 0 amide bonds. The van der Waals surface area contributed by atoms with Crippen LogP contribution in [-0.4, -0.2) is 19.6 Å². The molecule has 0 aliphatic heterocycles. The van der Waals surface area contributed by atoms with E-state index in [1.54, 1.807) is 18.8 Å². The van der Waals surface area contributed by atoms with Crippen molar-refractivity contribution in [3.05, 3.63) is 27.0 Å². The molecule has 0 aliphatic rings. The van der Waals surface area contributed by atoms with Gasteiger partial charge in [0.15, 0.2) is 0 Å². The molecule has 5 nitrogen and oxygen atoms in total. The lowest BCUT2D eigenvalue weighted by Gasteiger charge is -2.17. The van der Waals surface area contributed by atoms with Crippen molar-refractivity contribution in [2.75, 3.05) is 11.5 Å². The van der Waals surface area contributed by atoms with Crippen LogP contribution in [0.4, 0.5) is 5.69 Å². The van der Waals surface area contributed by atoms with Gasteiger partial charge < -0.3 is 10.3 Å². The quantitative estimate of drug-likeness (QED) is 0.863. The van der Waals surface area contributed by atoms with E-state index >= 15 is 0 Å². The molecule has 0 unspecified atom stereocenters. The molecule has 1 aromatic rings. The van der Waals surface area contributed by atoms with Crippen molar-refractivity contribution in [1.82, 2.24) is 9.13 Å². The molecule has 0 spiro atoms. The average molecular weight is 257 g/mol. The fourth-order valence-electron chi connectivity index (χ4n) is 1.39. The molecule has 1 rings (SSSR count). The zero-order valence-electron chi connectivity index (χ0n) is 10.7. The predicted octanol–water partition coefficient (Wildman–Crippen LogP) is 0.661. The fourth-order valence-corrected chi connectivity index (χ4v) is 2.28. The van der Waals surface area contributed by atoms with Crippen molar-refractivity contribution in [2.45, 2.75) is 32.1 Å². The summed E-state index contributed by atoms with van der Waals surface area (Å²) in [4.78, 5) is 23.5. The summed E-state index contributed by atoms with van der Waals surface area (Å²) in [5.74, 6) is 0.710. The van der Waals surface area contributed by atoms with E-state index in [0.29, 0.717) is 12.3 Å². The van der Waals surface area contributed by atoms with Crippen LogP contribution in [0.15, 0.2) is 15.8 Å².